The average Bonchev–Trinajstić information content (AvgIpc) is 2.66. The highest BCUT2D eigenvalue weighted by Crippen LogP contribution is 2.37. The van der Waals surface area contributed by atoms with E-state index in [9.17, 15) is 8.42 Å². The molecule has 0 spiro atoms. The highest BCUT2D eigenvalue weighted by molar-refractivity contribution is 7.89. The first-order valence-electron chi connectivity index (χ1n) is 6.69. The van der Waals surface area contributed by atoms with Gasteiger partial charge in [-0.2, -0.15) is 0 Å². The van der Waals surface area contributed by atoms with Crippen LogP contribution in [0.25, 0.3) is 0 Å². The van der Waals surface area contributed by atoms with Crippen molar-refractivity contribution in [3.63, 3.8) is 0 Å². The molecule has 2 rings (SSSR count). The summed E-state index contributed by atoms with van der Waals surface area (Å²) in [4.78, 5) is 1.37. The van der Waals surface area contributed by atoms with E-state index in [0.717, 1.165) is 36.1 Å². The molecule has 0 atom stereocenters. The molecule has 1 aromatic rings. The third-order valence-corrected chi connectivity index (χ3v) is 6.97. The highest BCUT2D eigenvalue weighted by atomic mass is 32.2. The number of rotatable bonds is 6. The molecule has 1 aliphatic rings. The van der Waals surface area contributed by atoms with Crippen molar-refractivity contribution in [2.75, 3.05) is 7.05 Å². The van der Waals surface area contributed by atoms with E-state index >= 15 is 0 Å². The molecule has 4 nitrogen and oxygen atoms in total. The molecule has 1 fully saturated rings. The SMILES string of the molecule is CCC1(NS(=O)(=O)c2c(C)csc2CNC)CCC1. The molecule has 0 aliphatic heterocycles. The van der Waals surface area contributed by atoms with Crippen LogP contribution in [0.15, 0.2) is 10.3 Å². The van der Waals surface area contributed by atoms with E-state index < -0.39 is 10.0 Å². The van der Waals surface area contributed by atoms with E-state index in [2.05, 4.69) is 17.0 Å². The van der Waals surface area contributed by atoms with Crippen LogP contribution in [0.1, 0.15) is 43.0 Å². The molecule has 0 amide bonds. The van der Waals surface area contributed by atoms with Crippen molar-refractivity contribution < 1.29 is 8.42 Å². The first kappa shape index (κ1) is 15.0. The molecular weight excluding hydrogens is 280 g/mol. The van der Waals surface area contributed by atoms with Crippen LogP contribution >= 0.6 is 11.3 Å². The van der Waals surface area contributed by atoms with E-state index in [0.29, 0.717) is 11.4 Å². The first-order chi connectivity index (χ1) is 8.94. The van der Waals surface area contributed by atoms with Crippen LogP contribution < -0.4 is 10.0 Å². The molecule has 0 bridgehead atoms. The Morgan fingerprint density at radius 2 is 2.11 bits per heavy atom. The summed E-state index contributed by atoms with van der Waals surface area (Å²) in [6, 6.07) is 0. The van der Waals surface area contributed by atoms with E-state index in [4.69, 9.17) is 0 Å². The number of sulfonamides is 1. The van der Waals surface area contributed by atoms with Gasteiger partial charge in [0.25, 0.3) is 0 Å². The number of nitrogens with one attached hydrogen (secondary N) is 2. The molecule has 19 heavy (non-hydrogen) atoms. The molecule has 1 heterocycles. The molecule has 0 unspecified atom stereocenters. The fraction of sp³-hybridized carbons (Fsp3) is 0.692. The second kappa shape index (κ2) is 5.52. The van der Waals surface area contributed by atoms with Gasteiger partial charge < -0.3 is 5.32 Å². The quantitative estimate of drug-likeness (QED) is 0.848. The highest BCUT2D eigenvalue weighted by Gasteiger charge is 2.40. The lowest BCUT2D eigenvalue weighted by atomic mass is 9.76. The Balaban J connectivity index is 2.31. The molecular formula is C13H22N2O2S2. The fourth-order valence-electron chi connectivity index (χ4n) is 2.60. The summed E-state index contributed by atoms with van der Waals surface area (Å²) < 4.78 is 28.2. The van der Waals surface area contributed by atoms with Crippen molar-refractivity contribution in [1.82, 2.24) is 10.0 Å². The van der Waals surface area contributed by atoms with Gasteiger partial charge in [-0.3, -0.25) is 0 Å². The Labute approximate surface area is 119 Å². The molecule has 2 N–H and O–H groups in total. The maximum atomic E-state index is 12.6. The number of hydrogen-bond donors (Lipinski definition) is 2. The predicted octanol–water partition coefficient (Wildman–Crippen LogP) is 2.39. The summed E-state index contributed by atoms with van der Waals surface area (Å²) in [6.07, 6.45) is 3.87. The summed E-state index contributed by atoms with van der Waals surface area (Å²) in [5.74, 6) is 0. The molecule has 1 aliphatic carbocycles. The van der Waals surface area contributed by atoms with Crippen LogP contribution in [0.3, 0.4) is 0 Å². The molecule has 1 saturated carbocycles. The van der Waals surface area contributed by atoms with Crippen molar-refractivity contribution >= 4 is 21.4 Å². The van der Waals surface area contributed by atoms with Gasteiger partial charge in [0.15, 0.2) is 0 Å². The van der Waals surface area contributed by atoms with Crippen LogP contribution in [-0.4, -0.2) is 21.0 Å². The second-order valence-corrected chi connectivity index (χ2v) is 7.88. The van der Waals surface area contributed by atoms with Gasteiger partial charge in [-0.25, -0.2) is 13.1 Å². The van der Waals surface area contributed by atoms with Gasteiger partial charge >= 0.3 is 0 Å². The minimum atomic E-state index is -3.41. The van der Waals surface area contributed by atoms with Crippen LogP contribution in [0, 0.1) is 6.92 Å². The number of thiophene rings is 1. The normalized spacial score (nSPS) is 18.3. The van der Waals surface area contributed by atoms with Crippen LogP contribution in [0.5, 0.6) is 0 Å². The molecule has 0 saturated heterocycles. The summed E-state index contributed by atoms with van der Waals surface area (Å²) in [5.41, 5.74) is 0.637. The van der Waals surface area contributed by atoms with Crippen molar-refractivity contribution in [3.8, 4) is 0 Å². The molecule has 0 radical (unpaired) electrons. The van der Waals surface area contributed by atoms with Crippen LogP contribution in [0.4, 0.5) is 0 Å². The van der Waals surface area contributed by atoms with Gasteiger partial charge in [0.1, 0.15) is 4.90 Å². The van der Waals surface area contributed by atoms with E-state index in [1.807, 2.05) is 19.4 Å². The fourth-order valence-corrected chi connectivity index (χ4v) is 5.95. The number of hydrogen-bond acceptors (Lipinski definition) is 4. The minimum absolute atomic E-state index is 0.204. The molecule has 0 aromatic carbocycles. The Bertz CT molecular complexity index is 539. The third kappa shape index (κ3) is 2.86. The molecule has 108 valence electrons. The third-order valence-electron chi connectivity index (χ3n) is 3.93. The second-order valence-electron chi connectivity index (χ2n) is 5.29. The maximum absolute atomic E-state index is 12.6. The van der Waals surface area contributed by atoms with Gasteiger partial charge in [-0.1, -0.05) is 6.92 Å². The zero-order chi connectivity index (χ0) is 14.1. The van der Waals surface area contributed by atoms with E-state index in [1.165, 1.54) is 11.3 Å². The Morgan fingerprint density at radius 3 is 2.58 bits per heavy atom. The van der Waals surface area contributed by atoms with E-state index in [-0.39, 0.29) is 5.54 Å². The molecule has 6 heteroatoms. The maximum Gasteiger partial charge on any atom is 0.242 e. The van der Waals surface area contributed by atoms with Crippen LogP contribution in [-0.2, 0) is 16.6 Å². The lowest BCUT2D eigenvalue weighted by molar-refractivity contribution is 0.214. The minimum Gasteiger partial charge on any atom is -0.315 e. The van der Waals surface area contributed by atoms with Crippen molar-refractivity contribution in [2.45, 2.75) is 56.5 Å². The summed E-state index contributed by atoms with van der Waals surface area (Å²) in [6.45, 7) is 4.51. The zero-order valence-corrected chi connectivity index (χ0v) is 13.4. The number of aryl methyl sites for hydroxylation is 1. The summed E-state index contributed by atoms with van der Waals surface area (Å²) in [5, 5.41) is 4.95. The van der Waals surface area contributed by atoms with Crippen molar-refractivity contribution in [2.24, 2.45) is 0 Å². The Kier molecular flexibility index (Phi) is 4.35. The van der Waals surface area contributed by atoms with E-state index in [1.54, 1.807) is 0 Å². The van der Waals surface area contributed by atoms with Gasteiger partial charge in [0, 0.05) is 17.0 Å². The summed E-state index contributed by atoms with van der Waals surface area (Å²) in [7, 11) is -1.58. The average molecular weight is 302 g/mol. The van der Waals surface area contributed by atoms with Gasteiger partial charge in [-0.15, -0.1) is 11.3 Å². The zero-order valence-electron chi connectivity index (χ0n) is 11.7. The monoisotopic (exact) mass is 302 g/mol. The standard InChI is InChI=1S/C13H22N2O2S2/c1-4-13(6-5-7-13)15-19(16,17)12-10(2)9-18-11(12)8-14-3/h9,14-15H,4-8H2,1-3H3. The van der Waals surface area contributed by atoms with Gasteiger partial charge in [-0.05, 0) is 50.6 Å². The Morgan fingerprint density at radius 1 is 1.42 bits per heavy atom. The van der Waals surface area contributed by atoms with Gasteiger partial charge in [0.2, 0.25) is 10.0 Å². The lowest BCUT2D eigenvalue weighted by Crippen LogP contribution is -2.52. The lowest BCUT2D eigenvalue weighted by Gasteiger charge is -2.41. The predicted molar refractivity (Wildman–Crippen MR) is 79.0 cm³/mol. The topological polar surface area (TPSA) is 58.2 Å². The van der Waals surface area contributed by atoms with Crippen molar-refractivity contribution in [1.29, 1.82) is 0 Å². The first-order valence-corrected chi connectivity index (χ1v) is 9.06. The van der Waals surface area contributed by atoms with Gasteiger partial charge in [0.05, 0.1) is 0 Å². The van der Waals surface area contributed by atoms with Crippen molar-refractivity contribution in [3.05, 3.63) is 15.8 Å². The largest absolute Gasteiger partial charge is 0.315 e. The Hall–Kier alpha value is -0.430. The molecule has 1 aromatic heterocycles. The van der Waals surface area contributed by atoms with Crippen LogP contribution in [0.2, 0.25) is 0 Å². The summed E-state index contributed by atoms with van der Waals surface area (Å²) >= 11 is 1.51. The smallest absolute Gasteiger partial charge is 0.242 e.